The highest BCUT2D eigenvalue weighted by Crippen LogP contribution is 2.22. The first-order valence-electron chi connectivity index (χ1n) is 5.34. The van der Waals surface area contributed by atoms with Crippen LogP contribution in [0.5, 0.6) is 0 Å². The number of imidazole rings is 1. The molecule has 0 spiro atoms. The maximum absolute atomic E-state index is 4.38. The van der Waals surface area contributed by atoms with Gasteiger partial charge in [0.25, 0.3) is 0 Å². The Labute approximate surface area is 105 Å². The zero-order chi connectivity index (χ0) is 11.8. The largest absolute Gasteiger partial charge is 0.284 e. The molecule has 0 amide bonds. The smallest absolute Gasteiger partial charge is 0.234 e. The van der Waals surface area contributed by atoms with Gasteiger partial charge in [0.2, 0.25) is 5.78 Å². The van der Waals surface area contributed by atoms with Gasteiger partial charge in [-0.25, -0.2) is 9.97 Å². The quantitative estimate of drug-likeness (QED) is 0.664. The van der Waals surface area contributed by atoms with Gasteiger partial charge in [-0.3, -0.25) is 4.40 Å². The molecule has 4 heteroatoms. The monoisotopic (exact) mass is 241 g/mol. The fourth-order valence-corrected chi connectivity index (χ4v) is 2.06. The molecule has 3 rings (SSSR count). The van der Waals surface area contributed by atoms with Crippen LogP contribution >= 0.6 is 12.6 Å². The molecular weight excluding hydrogens is 230 g/mol. The van der Waals surface area contributed by atoms with Crippen molar-refractivity contribution in [1.29, 1.82) is 0 Å². The van der Waals surface area contributed by atoms with E-state index in [2.05, 4.69) is 22.6 Å². The van der Waals surface area contributed by atoms with Gasteiger partial charge in [-0.2, -0.15) is 0 Å². The van der Waals surface area contributed by atoms with Crippen LogP contribution in [0.4, 0.5) is 0 Å². The minimum absolute atomic E-state index is 0.726. The number of nitrogens with zero attached hydrogens (tertiary/aromatic N) is 3. The van der Waals surface area contributed by atoms with Gasteiger partial charge in [0, 0.05) is 22.3 Å². The minimum Gasteiger partial charge on any atom is -0.284 e. The van der Waals surface area contributed by atoms with E-state index in [-0.39, 0.29) is 0 Å². The third-order valence-corrected chi connectivity index (χ3v) is 2.94. The minimum atomic E-state index is 0.726. The first-order chi connectivity index (χ1) is 8.24. The summed E-state index contributed by atoms with van der Waals surface area (Å²) in [6.07, 6.45) is 3.83. The van der Waals surface area contributed by atoms with Gasteiger partial charge in [-0.05, 0) is 25.1 Å². The number of benzene rings is 1. The summed E-state index contributed by atoms with van der Waals surface area (Å²) in [5.74, 6) is 0.726. The van der Waals surface area contributed by atoms with E-state index in [0.29, 0.717) is 0 Å². The van der Waals surface area contributed by atoms with E-state index in [1.54, 1.807) is 0 Å². The number of aryl methyl sites for hydroxylation is 1. The first kappa shape index (κ1) is 10.4. The van der Waals surface area contributed by atoms with Crippen molar-refractivity contribution in [3.8, 4) is 11.3 Å². The van der Waals surface area contributed by atoms with Crippen LogP contribution in [-0.2, 0) is 0 Å². The van der Waals surface area contributed by atoms with Crippen molar-refractivity contribution < 1.29 is 0 Å². The molecule has 0 radical (unpaired) electrons. The van der Waals surface area contributed by atoms with Crippen molar-refractivity contribution in [3.63, 3.8) is 0 Å². The van der Waals surface area contributed by atoms with E-state index >= 15 is 0 Å². The predicted molar refractivity (Wildman–Crippen MR) is 70.4 cm³/mol. The lowest BCUT2D eigenvalue weighted by atomic mass is 10.2. The van der Waals surface area contributed by atoms with Crippen LogP contribution in [0.25, 0.3) is 17.0 Å². The van der Waals surface area contributed by atoms with Crippen LogP contribution in [0, 0.1) is 6.92 Å². The Kier molecular flexibility index (Phi) is 2.37. The number of hydrogen-bond acceptors (Lipinski definition) is 3. The second-order valence-electron chi connectivity index (χ2n) is 3.93. The molecule has 2 heterocycles. The number of hydrogen-bond donors (Lipinski definition) is 1. The van der Waals surface area contributed by atoms with Gasteiger partial charge in [0.15, 0.2) is 0 Å². The molecule has 84 valence electrons. The maximum Gasteiger partial charge on any atom is 0.234 e. The molecule has 0 aliphatic carbocycles. The summed E-state index contributed by atoms with van der Waals surface area (Å²) in [5, 5.41) is 0. The summed E-state index contributed by atoms with van der Waals surface area (Å²) in [7, 11) is 0. The van der Waals surface area contributed by atoms with Crippen LogP contribution in [0.3, 0.4) is 0 Å². The lowest BCUT2D eigenvalue weighted by Gasteiger charge is -2.02. The van der Waals surface area contributed by atoms with Gasteiger partial charge < -0.3 is 0 Å². The van der Waals surface area contributed by atoms with Gasteiger partial charge in [-0.1, -0.05) is 12.1 Å². The molecule has 0 fully saturated rings. The second kappa shape index (κ2) is 3.89. The standard InChI is InChI=1S/C13H11N3S/c1-9-5-6-16-12(8-14-13(16)15-9)10-3-2-4-11(17)7-10/h2-8,17H,1H3. The SMILES string of the molecule is Cc1ccn2c(-c3cccc(S)c3)cnc2n1. The highest BCUT2D eigenvalue weighted by molar-refractivity contribution is 7.80. The van der Waals surface area contributed by atoms with Crippen molar-refractivity contribution in [2.45, 2.75) is 11.8 Å². The molecule has 2 aromatic heterocycles. The summed E-state index contributed by atoms with van der Waals surface area (Å²) in [4.78, 5) is 9.63. The molecule has 0 atom stereocenters. The zero-order valence-electron chi connectivity index (χ0n) is 9.33. The Morgan fingerprint density at radius 1 is 1.24 bits per heavy atom. The Bertz CT molecular complexity index is 688. The van der Waals surface area contributed by atoms with Crippen molar-refractivity contribution in [3.05, 3.63) is 48.4 Å². The molecule has 0 aliphatic rings. The molecule has 0 saturated heterocycles. The molecule has 0 bridgehead atoms. The van der Waals surface area contributed by atoms with Crippen LogP contribution in [0.1, 0.15) is 5.69 Å². The van der Waals surface area contributed by atoms with Gasteiger partial charge in [-0.15, -0.1) is 12.6 Å². The lowest BCUT2D eigenvalue weighted by molar-refractivity contribution is 1.07. The summed E-state index contributed by atoms with van der Waals surface area (Å²) in [5.41, 5.74) is 3.09. The van der Waals surface area contributed by atoms with Crippen molar-refractivity contribution in [2.75, 3.05) is 0 Å². The van der Waals surface area contributed by atoms with Crippen LogP contribution < -0.4 is 0 Å². The van der Waals surface area contributed by atoms with Gasteiger partial charge in [0.05, 0.1) is 11.9 Å². The first-order valence-corrected chi connectivity index (χ1v) is 5.79. The fraction of sp³-hybridized carbons (Fsp3) is 0.0769. The Morgan fingerprint density at radius 3 is 2.94 bits per heavy atom. The van der Waals surface area contributed by atoms with E-state index in [0.717, 1.165) is 27.6 Å². The molecule has 0 N–H and O–H groups in total. The molecule has 0 aliphatic heterocycles. The topological polar surface area (TPSA) is 30.2 Å². The van der Waals surface area contributed by atoms with Crippen LogP contribution in [0.15, 0.2) is 47.6 Å². The zero-order valence-corrected chi connectivity index (χ0v) is 10.2. The van der Waals surface area contributed by atoms with Crippen LogP contribution in [-0.4, -0.2) is 14.4 Å². The highest BCUT2D eigenvalue weighted by Gasteiger charge is 2.06. The van der Waals surface area contributed by atoms with E-state index in [4.69, 9.17) is 0 Å². The maximum atomic E-state index is 4.38. The average Bonchev–Trinajstić information content (AvgIpc) is 2.71. The molecule has 1 aromatic carbocycles. The van der Waals surface area contributed by atoms with Crippen molar-refractivity contribution >= 4 is 18.4 Å². The summed E-state index contributed by atoms with van der Waals surface area (Å²) < 4.78 is 1.98. The predicted octanol–water partition coefficient (Wildman–Crippen LogP) is 2.99. The van der Waals surface area contributed by atoms with Gasteiger partial charge >= 0.3 is 0 Å². The summed E-state index contributed by atoms with van der Waals surface area (Å²) in [6, 6.07) is 9.98. The Balaban J connectivity index is 2.24. The molecule has 0 saturated carbocycles. The number of fused-ring (bicyclic) bond motifs is 1. The van der Waals surface area contributed by atoms with Gasteiger partial charge in [0.1, 0.15) is 0 Å². The number of rotatable bonds is 1. The van der Waals surface area contributed by atoms with E-state index < -0.39 is 0 Å². The highest BCUT2D eigenvalue weighted by atomic mass is 32.1. The van der Waals surface area contributed by atoms with Crippen LogP contribution in [0.2, 0.25) is 0 Å². The third kappa shape index (κ3) is 1.80. The molecular formula is C13H11N3S. The normalized spacial score (nSPS) is 10.9. The van der Waals surface area contributed by atoms with E-state index in [9.17, 15) is 0 Å². The number of aromatic nitrogens is 3. The fourth-order valence-electron chi connectivity index (χ4n) is 1.84. The molecule has 3 aromatic rings. The molecule has 17 heavy (non-hydrogen) atoms. The Hall–Kier alpha value is -1.81. The van der Waals surface area contributed by atoms with Crippen molar-refractivity contribution in [2.24, 2.45) is 0 Å². The summed E-state index contributed by atoms with van der Waals surface area (Å²) >= 11 is 4.35. The van der Waals surface area contributed by atoms with Crippen molar-refractivity contribution in [1.82, 2.24) is 14.4 Å². The average molecular weight is 241 g/mol. The summed E-state index contributed by atoms with van der Waals surface area (Å²) in [6.45, 7) is 1.96. The Morgan fingerprint density at radius 2 is 2.12 bits per heavy atom. The molecule has 3 nitrogen and oxygen atoms in total. The number of thiol groups is 1. The lowest BCUT2D eigenvalue weighted by Crippen LogP contribution is -1.92. The second-order valence-corrected chi connectivity index (χ2v) is 4.45. The van der Waals surface area contributed by atoms with E-state index in [1.165, 1.54) is 0 Å². The molecule has 0 unspecified atom stereocenters. The van der Waals surface area contributed by atoms with E-state index in [1.807, 2.05) is 54.0 Å². The third-order valence-electron chi connectivity index (χ3n) is 2.66.